The van der Waals surface area contributed by atoms with E-state index in [0.29, 0.717) is 31.1 Å². The van der Waals surface area contributed by atoms with Gasteiger partial charge in [-0.3, -0.25) is 9.69 Å². The Hall–Kier alpha value is -2.02. The molecule has 2 aromatic carbocycles. The van der Waals surface area contributed by atoms with Gasteiger partial charge in [0.05, 0.1) is 12.7 Å². The summed E-state index contributed by atoms with van der Waals surface area (Å²) in [4.78, 5) is 16.6. The van der Waals surface area contributed by atoms with Crippen LogP contribution in [0, 0.1) is 17.0 Å². The summed E-state index contributed by atoms with van der Waals surface area (Å²) in [5.74, 6) is -1.06. The van der Waals surface area contributed by atoms with E-state index in [1.165, 1.54) is 18.2 Å². The van der Waals surface area contributed by atoms with Crippen LogP contribution in [0.25, 0.3) is 0 Å². The van der Waals surface area contributed by atoms with Gasteiger partial charge in [-0.25, -0.2) is 8.78 Å². The van der Waals surface area contributed by atoms with Crippen LogP contribution in [0.1, 0.15) is 44.4 Å². The summed E-state index contributed by atoms with van der Waals surface area (Å²) < 4.78 is 34.1. The summed E-state index contributed by atoms with van der Waals surface area (Å²) in [5, 5.41) is 0.610. The van der Waals surface area contributed by atoms with E-state index in [1.807, 2.05) is 17.0 Å². The third-order valence-electron chi connectivity index (χ3n) is 5.56. The van der Waals surface area contributed by atoms with E-state index in [1.54, 1.807) is 12.1 Å². The minimum atomic E-state index is -0.620. The highest BCUT2D eigenvalue weighted by atomic mass is 35.5. The van der Waals surface area contributed by atoms with Gasteiger partial charge in [-0.1, -0.05) is 50.6 Å². The Morgan fingerprint density at radius 3 is 2.19 bits per heavy atom. The fourth-order valence-corrected chi connectivity index (χ4v) is 3.89. The molecule has 3 rings (SSSR count). The lowest BCUT2D eigenvalue weighted by molar-refractivity contribution is -0.135. The van der Waals surface area contributed by atoms with Crippen LogP contribution in [-0.2, 0) is 16.1 Å². The molecule has 1 atom stereocenters. The average molecular weight is 465 g/mol. The van der Waals surface area contributed by atoms with E-state index >= 15 is 0 Å². The molecule has 1 amide bonds. The Morgan fingerprint density at radius 1 is 1.03 bits per heavy atom. The lowest BCUT2D eigenvalue weighted by Gasteiger charge is -2.37. The molecule has 1 heterocycles. The summed E-state index contributed by atoms with van der Waals surface area (Å²) in [7, 11) is 0. The summed E-state index contributed by atoms with van der Waals surface area (Å²) in [6, 6.07) is 11.1. The van der Waals surface area contributed by atoms with E-state index in [2.05, 4.69) is 25.7 Å². The zero-order valence-electron chi connectivity index (χ0n) is 18.9. The Morgan fingerprint density at radius 2 is 1.62 bits per heavy atom. The van der Waals surface area contributed by atoms with Gasteiger partial charge >= 0.3 is 0 Å². The van der Waals surface area contributed by atoms with Crippen molar-refractivity contribution in [2.75, 3.05) is 32.7 Å². The minimum Gasteiger partial charge on any atom is -0.367 e. The monoisotopic (exact) mass is 464 g/mol. The van der Waals surface area contributed by atoms with Gasteiger partial charge in [-0.2, -0.15) is 0 Å². The van der Waals surface area contributed by atoms with Crippen LogP contribution in [-0.4, -0.2) is 48.4 Å². The Labute approximate surface area is 194 Å². The number of hydrogen-bond donors (Lipinski definition) is 0. The van der Waals surface area contributed by atoms with Gasteiger partial charge < -0.3 is 9.64 Å². The second-order valence-electron chi connectivity index (χ2n) is 9.47. The van der Waals surface area contributed by atoms with Crippen molar-refractivity contribution in [3.63, 3.8) is 0 Å². The van der Waals surface area contributed by atoms with Gasteiger partial charge in [-0.15, -0.1) is 0 Å². The molecule has 0 aromatic heterocycles. The molecule has 1 aliphatic heterocycles. The lowest BCUT2D eigenvalue weighted by atomic mass is 9.91. The minimum absolute atomic E-state index is 0.0380. The average Bonchev–Trinajstić information content (AvgIpc) is 2.72. The largest absolute Gasteiger partial charge is 0.367 e. The van der Waals surface area contributed by atoms with Crippen LogP contribution in [0.5, 0.6) is 0 Å². The predicted molar refractivity (Wildman–Crippen MR) is 122 cm³/mol. The molecule has 32 heavy (non-hydrogen) atoms. The third-order valence-corrected chi connectivity index (χ3v) is 5.81. The molecule has 4 nitrogen and oxygen atoms in total. The van der Waals surface area contributed by atoms with Gasteiger partial charge in [0.2, 0.25) is 5.91 Å². The first kappa shape index (κ1) is 24.6. The molecule has 1 aliphatic rings. The van der Waals surface area contributed by atoms with Crippen molar-refractivity contribution in [3.8, 4) is 0 Å². The first-order valence-electron chi connectivity index (χ1n) is 10.9. The third kappa shape index (κ3) is 6.99. The highest BCUT2D eigenvalue weighted by molar-refractivity contribution is 6.30. The molecule has 174 valence electrons. The molecular formula is C25H31ClF2N2O2. The number of carbonyl (C=O) groups is 1. The number of piperazine rings is 1. The van der Waals surface area contributed by atoms with Crippen molar-refractivity contribution in [2.24, 2.45) is 5.41 Å². The zero-order chi connectivity index (χ0) is 23.3. The lowest BCUT2D eigenvalue weighted by Crippen LogP contribution is -2.50. The molecule has 0 aliphatic carbocycles. The van der Waals surface area contributed by atoms with Crippen LogP contribution in [0.15, 0.2) is 42.5 Å². The van der Waals surface area contributed by atoms with Gasteiger partial charge in [-0.05, 0) is 35.2 Å². The van der Waals surface area contributed by atoms with Crippen molar-refractivity contribution >= 4 is 17.5 Å². The standard InChI is InChI=1S/C25H31ClF2N2O2/c1-25(2,3)15-24(31)30-13-11-29(12-14-30)16-23(18-7-9-19(26)10-8-18)32-17-20-21(27)5-4-6-22(20)28/h4-10,23H,11-17H2,1-3H3/t23-/m1/s1. The SMILES string of the molecule is CC(C)(C)CC(=O)N1CCN(C[C@@H](OCc2c(F)cccc2F)c2ccc(Cl)cc2)CC1. The number of nitrogens with zero attached hydrogens (tertiary/aromatic N) is 2. The van der Waals surface area contributed by atoms with Crippen LogP contribution in [0.2, 0.25) is 5.02 Å². The summed E-state index contributed by atoms with van der Waals surface area (Å²) in [6.45, 7) is 9.33. The van der Waals surface area contributed by atoms with E-state index in [4.69, 9.17) is 16.3 Å². The zero-order valence-corrected chi connectivity index (χ0v) is 19.7. The predicted octanol–water partition coefficient (Wildman–Crippen LogP) is 5.46. The van der Waals surface area contributed by atoms with Gasteiger partial charge in [0.25, 0.3) is 0 Å². The van der Waals surface area contributed by atoms with E-state index in [-0.39, 0.29) is 29.6 Å². The molecule has 1 fully saturated rings. The van der Waals surface area contributed by atoms with Crippen LogP contribution >= 0.6 is 11.6 Å². The normalized spacial score (nSPS) is 16.2. The maximum atomic E-state index is 14.1. The van der Waals surface area contributed by atoms with Gasteiger partial charge in [0.15, 0.2) is 0 Å². The van der Waals surface area contributed by atoms with E-state index in [0.717, 1.165) is 18.7 Å². The molecule has 2 aromatic rings. The number of halogens is 3. The Balaban J connectivity index is 1.65. The van der Waals surface area contributed by atoms with Gasteiger partial charge in [0.1, 0.15) is 11.6 Å². The summed E-state index contributed by atoms with van der Waals surface area (Å²) in [5.41, 5.74) is 0.769. The van der Waals surface area contributed by atoms with Crippen molar-refractivity contribution in [1.29, 1.82) is 0 Å². The summed E-state index contributed by atoms with van der Waals surface area (Å²) in [6.07, 6.45) is 0.139. The van der Waals surface area contributed by atoms with E-state index < -0.39 is 11.6 Å². The number of ether oxygens (including phenoxy) is 1. The molecule has 0 spiro atoms. The van der Waals surface area contributed by atoms with Crippen molar-refractivity contribution < 1.29 is 18.3 Å². The number of benzene rings is 2. The van der Waals surface area contributed by atoms with Crippen molar-refractivity contribution in [3.05, 3.63) is 70.2 Å². The molecule has 0 saturated carbocycles. The number of hydrogen-bond acceptors (Lipinski definition) is 3. The maximum absolute atomic E-state index is 14.1. The maximum Gasteiger partial charge on any atom is 0.223 e. The molecule has 0 N–H and O–H groups in total. The Bertz CT molecular complexity index is 887. The fraction of sp³-hybridized carbons (Fsp3) is 0.480. The quantitative estimate of drug-likeness (QED) is 0.545. The van der Waals surface area contributed by atoms with Crippen molar-refractivity contribution in [2.45, 2.75) is 39.9 Å². The molecule has 0 unspecified atom stereocenters. The molecule has 1 saturated heterocycles. The molecular weight excluding hydrogens is 434 g/mol. The van der Waals surface area contributed by atoms with Crippen LogP contribution < -0.4 is 0 Å². The molecule has 7 heteroatoms. The first-order chi connectivity index (χ1) is 15.1. The topological polar surface area (TPSA) is 32.8 Å². The van der Waals surface area contributed by atoms with Gasteiger partial charge in [0, 0.05) is 49.7 Å². The Kier molecular flexibility index (Phi) is 8.26. The van der Waals surface area contributed by atoms with E-state index in [9.17, 15) is 13.6 Å². The highest BCUT2D eigenvalue weighted by Crippen LogP contribution is 2.25. The summed E-state index contributed by atoms with van der Waals surface area (Å²) >= 11 is 6.03. The van der Waals surface area contributed by atoms with Crippen molar-refractivity contribution in [1.82, 2.24) is 9.80 Å². The van der Waals surface area contributed by atoms with Crippen LogP contribution in [0.3, 0.4) is 0 Å². The molecule has 0 radical (unpaired) electrons. The second kappa shape index (κ2) is 10.7. The fourth-order valence-electron chi connectivity index (χ4n) is 3.77. The second-order valence-corrected chi connectivity index (χ2v) is 9.91. The van der Waals surface area contributed by atoms with Crippen LogP contribution in [0.4, 0.5) is 8.78 Å². The highest BCUT2D eigenvalue weighted by Gasteiger charge is 2.27. The smallest absolute Gasteiger partial charge is 0.223 e. The molecule has 0 bridgehead atoms. The number of carbonyl (C=O) groups excluding carboxylic acids is 1. The number of rotatable bonds is 7. The number of amides is 1. The first-order valence-corrected chi connectivity index (χ1v) is 11.3.